The molecular weight excluding hydrogens is 216 g/mol. The van der Waals surface area contributed by atoms with E-state index in [9.17, 15) is 0 Å². The molecule has 4 heteroatoms. The van der Waals surface area contributed by atoms with Gasteiger partial charge in [-0.15, -0.1) is 0 Å². The molecule has 0 saturated carbocycles. The smallest absolute Gasteiger partial charge is 0.127 e. The van der Waals surface area contributed by atoms with Gasteiger partial charge in [0.1, 0.15) is 11.5 Å². The van der Waals surface area contributed by atoms with Crippen LogP contribution in [0.25, 0.3) is 0 Å². The Balaban J connectivity index is 2.28. The van der Waals surface area contributed by atoms with Gasteiger partial charge in [-0.3, -0.25) is 0 Å². The monoisotopic (exact) mass is 236 g/mol. The molecule has 1 aliphatic heterocycles. The predicted molar refractivity (Wildman–Crippen MR) is 67.7 cm³/mol. The highest BCUT2D eigenvalue weighted by Gasteiger charge is 2.29. The van der Waals surface area contributed by atoms with E-state index in [2.05, 4.69) is 16.7 Å². The average Bonchev–Trinajstić information content (AvgIpc) is 2.32. The summed E-state index contributed by atoms with van der Waals surface area (Å²) in [6.45, 7) is 2.11. The Morgan fingerprint density at radius 2 is 2.06 bits per heavy atom. The fourth-order valence-electron chi connectivity index (χ4n) is 2.27. The standard InChI is InChI=1S/C13H20N2O2/c1-14-13(9-7-15-8-9)11-5-4-10(16-2)6-12(11)17-3/h4-6,9,13-15H,7-8H2,1-3H3. The van der Waals surface area contributed by atoms with Crippen molar-refractivity contribution in [2.24, 2.45) is 5.92 Å². The number of nitrogens with one attached hydrogen (secondary N) is 2. The Hall–Kier alpha value is -1.26. The maximum atomic E-state index is 5.45. The molecule has 1 aromatic carbocycles. The van der Waals surface area contributed by atoms with E-state index in [0.717, 1.165) is 24.6 Å². The first-order chi connectivity index (χ1) is 8.30. The van der Waals surface area contributed by atoms with Crippen molar-refractivity contribution in [2.45, 2.75) is 6.04 Å². The second kappa shape index (κ2) is 5.38. The van der Waals surface area contributed by atoms with Crippen molar-refractivity contribution in [1.29, 1.82) is 0 Å². The molecule has 1 saturated heterocycles. The Kier molecular flexibility index (Phi) is 3.86. The van der Waals surface area contributed by atoms with Gasteiger partial charge >= 0.3 is 0 Å². The minimum absolute atomic E-state index is 0.331. The van der Waals surface area contributed by atoms with Crippen LogP contribution in [0.4, 0.5) is 0 Å². The van der Waals surface area contributed by atoms with Crippen molar-refractivity contribution in [3.8, 4) is 11.5 Å². The summed E-state index contributed by atoms with van der Waals surface area (Å²) in [6.07, 6.45) is 0. The third-order valence-corrected chi connectivity index (χ3v) is 3.37. The molecule has 0 aliphatic carbocycles. The topological polar surface area (TPSA) is 42.5 Å². The minimum Gasteiger partial charge on any atom is -0.497 e. The Morgan fingerprint density at radius 3 is 2.53 bits per heavy atom. The molecule has 0 aromatic heterocycles. The van der Waals surface area contributed by atoms with E-state index in [1.807, 2.05) is 19.2 Å². The first-order valence-corrected chi connectivity index (χ1v) is 5.90. The number of benzene rings is 1. The lowest BCUT2D eigenvalue weighted by atomic mass is 9.88. The molecule has 1 fully saturated rings. The molecule has 0 bridgehead atoms. The van der Waals surface area contributed by atoms with Crippen molar-refractivity contribution in [3.63, 3.8) is 0 Å². The van der Waals surface area contributed by atoms with Gasteiger partial charge in [0.15, 0.2) is 0 Å². The molecule has 1 aromatic rings. The predicted octanol–water partition coefficient (Wildman–Crippen LogP) is 1.18. The highest BCUT2D eigenvalue weighted by Crippen LogP contribution is 2.34. The Labute approximate surface area is 102 Å². The summed E-state index contributed by atoms with van der Waals surface area (Å²) in [4.78, 5) is 0. The van der Waals surface area contributed by atoms with Crippen molar-refractivity contribution in [3.05, 3.63) is 23.8 Å². The van der Waals surface area contributed by atoms with Crippen molar-refractivity contribution < 1.29 is 9.47 Å². The van der Waals surface area contributed by atoms with Crippen LogP contribution < -0.4 is 20.1 Å². The van der Waals surface area contributed by atoms with Gasteiger partial charge in [0, 0.05) is 36.7 Å². The van der Waals surface area contributed by atoms with Gasteiger partial charge in [0.05, 0.1) is 14.2 Å². The number of hydrogen-bond acceptors (Lipinski definition) is 4. The van der Waals surface area contributed by atoms with Crippen molar-refractivity contribution in [1.82, 2.24) is 10.6 Å². The fraction of sp³-hybridized carbons (Fsp3) is 0.538. The largest absolute Gasteiger partial charge is 0.497 e. The lowest BCUT2D eigenvalue weighted by Gasteiger charge is -2.35. The molecular formula is C13H20N2O2. The molecule has 0 spiro atoms. The number of methoxy groups -OCH3 is 2. The van der Waals surface area contributed by atoms with Gasteiger partial charge in [0.25, 0.3) is 0 Å². The molecule has 1 aliphatic rings. The quantitative estimate of drug-likeness (QED) is 0.806. The molecule has 0 radical (unpaired) electrons. The summed E-state index contributed by atoms with van der Waals surface area (Å²) in [5.41, 5.74) is 1.20. The van der Waals surface area contributed by atoms with Crippen LogP contribution >= 0.6 is 0 Å². The molecule has 0 amide bonds. The maximum Gasteiger partial charge on any atom is 0.127 e. The first-order valence-electron chi connectivity index (χ1n) is 5.90. The molecule has 1 atom stereocenters. The summed E-state index contributed by atoms with van der Waals surface area (Å²) < 4.78 is 10.7. The summed E-state index contributed by atoms with van der Waals surface area (Å²) in [7, 11) is 5.36. The molecule has 4 nitrogen and oxygen atoms in total. The summed E-state index contributed by atoms with van der Waals surface area (Å²) >= 11 is 0. The second-order valence-corrected chi connectivity index (χ2v) is 4.29. The zero-order valence-electron chi connectivity index (χ0n) is 10.6. The first kappa shape index (κ1) is 12.2. The lowest BCUT2D eigenvalue weighted by molar-refractivity contribution is 0.262. The minimum atomic E-state index is 0.331. The molecule has 2 rings (SSSR count). The van der Waals surface area contributed by atoms with Gasteiger partial charge in [0.2, 0.25) is 0 Å². The van der Waals surface area contributed by atoms with Crippen LogP contribution in [0.15, 0.2) is 18.2 Å². The Bertz CT molecular complexity index is 378. The van der Waals surface area contributed by atoms with Crippen LogP contribution in [0.2, 0.25) is 0 Å². The van der Waals surface area contributed by atoms with Crippen molar-refractivity contribution >= 4 is 0 Å². The van der Waals surface area contributed by atoms with E-state index in [1.54, 1.807) is 14.2 Å². The number of ether oxygens (including phenoxy) is 2. The van der Waals surface area contributed by atoms with Gasteiger partial charge in [-0.1, -0.05) is 6.07 Å². The number of hydrogen-bond donors (Lipinski definition) is 2. The zero-order valence-corrected chi connectivity index (χ0v) is 10.6. The van der Waals surface area contributed by atoms with E-state index < -0.39 is 0 Å². The highest BCUT2D eigenvalue weighted by molar-refractivity contribution is 5.43. The van der Waals surface area contributed by atoms with E-state index in [-0.39, 0.29) is 0 Å². The molecule has 1 heterocycles. The lowest BCUT2D eigenvalue weighted by Crippen LogP contribution is -2.48. The van der Waals surface area contributed by atoms with Gasteiger partial charge in [-0.05, 0) is 13.1 Å². The maximum absolute atomic E-state index is 5.45. The normalized spacial score (nSPS) is 17.4. The second-order valence-electron chi connectivity index (χ2n) is 4.29. The number of rotatable bonds is 5. The van der Waals surface area contributed by atoms with Gasteiger partial charge in [-0.25, -0.2) is 0 Å². The van der Waals surface area contributed by atoms with Crippen LogP contribution in [-0.4, -0.2) is 34.4 Å². The van der Waals surface area contributed by atoms with Crippen LogP contribution in [0.1, 0.15) is 11.6 Å². The molecule has 2 N–H and O–H groups in total. The molecule has 1 unspecified atom stereocenters. The molecule has 17 heavy (non-hydrogen) atoms. The van der Waals surface area contributed by atoms with Crippen LogP contribution in [0, 0.1) is 5.92 Å². The SMILES string of the molecule is CNC(c1ccc(OC)cc1OC)C1CNC1. The van der Waals surface area contributed by atoms with E-state index in [1.165, 1.54) is 5.56 Å². The highest BCUT2D eigenvalue weighted by atomic mass is 16.5. The Morgan fingerprint density at radius 1 is 1.29 bits per heavy atom. The molecule has 94 valence electrons. The average molecular weight is 236 g/mol. The summed E-state index contributed by atoms with van der Waals surface area (Å²) in [5, 5.41) is 6.67. The van der Waals surface area contributed by atoms with E-state index >= 15 is 0 Å². The van der Waals surface area contributed by atoms with E-state index in [0.29, 0.717) is 12.0 Å². The third kappa shape index (κ3) is 2.37. The van der Waals surface area contributed by atoms with Crippen LogP contribution in [0.3, 0.4) is 0 Å². The van der Waals surface area contributed by atoms with Crippen molar-refractivity contribution in [2.75, 3.05) is 34.4 Å². The van der Waals surface area contributed by atoms with Crippen LogP contribution in [0.5, 0.6) is 11.5 Å². The van der Waals surface area contributed by atoms with Gasteiger partial charge in [-0.2, -0.15) is 0 Å². The zero-order chi connectivity index (χ0) is 12.3. The van der Waals surface area contributed by atoms with E-state index in [4.69, 9.17) is 9.47 Å². The van der Waals surface area contributed by atoms with Gasteiger partial charge < -0.3 is 20.1 Å². The third-order valence-electron chi connectivity index (χ3n) is 3.37. The van der Waals surface area contributed by atoms with Crippen LogP contribution in [-0.2, 0) is 0 Å². The fourth-order valence-corrected chi connectivity index (χ4v) is 2.27. The summed E-state index contributed by atoms with van der Waals surface area (Å²) in [5.74, 6) is 2.34. The summed E-state index contributed by atoms with van der Waals surface area (Å²) in [6, 6.07) is 6.33.